The Balaban J connectivity index is 1.57. The minimum Gasteiger partial charge on any atom is -0.338 e. The van der Waals surface area contributed by atoms with Gasteiger partial charge in [0, 0.05) is 25.4 Å². The molecule has 2 aliphatic heterocycles. The number of hydrogen-bond acceptors (Lipinski definition) is 3. The highest BCUT2D eigenvalue weighted by molar-refractivity contribution is 5.95. The summed E-state index contributed by atoms with van der Waals surface area (Å²) in [5.74, 6) is -0.221. The molecule has 1 amide bonds. The molecule has 0 radical (unpaired) electrons. The van der Waals surface area contributed by atoms with Crippen molar-refractivity contribution in [3.8, 4) is 0 Å². The lowest BCUT2D eigenvalue weighted by Crippen LogP contribution is -2.43. The molecule has 3 aliphatic rings. The van der Waals surface area contributed by atoms with Gasteiger partial charge in [0.2, 0.25) is 5.91 Å². The summed E-state index contributed by atoms with van der Waals surface area (Å²) in [6.07, 6.45) is -0.617. The fourth-order valence-corrected chi connectivity index (χ4v) is 4.71. The number of hydrazone groups is 1. The molecular formula is C20H24F3N3O. The zero-order valence-electron chi connectivity index (χ0n) is 15.4. The molecule has 1 aromatic carbocycles. The normalized spacial score (nSPS) is 28.5. The molecule has 7 heteroatoms. The molecule has 1 saturated heterocycles. The minimum absolute atomic E-state index is 0.161. The number of nitrogens with zero attached hydrogens (tertiary/aromatic N) is 3. The maximum Gasteiger partial charge on any atom is 0.431 e. The molecule has 2 heterocycles. The van der Waals surface area contributed by atoms with E-state index in [1.807, 2.05) is 36.1 Å². The second kappa shape index (κ2) is 6.84. The van der Waals surface area contributed by atoms with Gasteiger partial charge >= 0.3 is 6.18 Å². The molecule has 3 unspecified atom stereocenters. The first-order valence-corrected chi connectivity index (χ1v) is 9.66. The highest BCUT2D eigenvalue weighted by Crippen LogP contribution is 2.44. The van der Waals surface area contributed by atoms with Crippen LogP contribution in [-0.2, 0) is 11.3 Å². The lowest BCUT2D eigenvalue weighted by Gasteiger charge is -2.36. The summed E-state index contributed by atoms with van der Waals surface area (Å²) in [6.45, 7) is 3.35. The van der Waals surface area contributed by atoms with E-state index in [9.17, 15) is 18.0 Å². The van der Waals surface area contributed by atoms with Crippen molar-refractivity contribution >= 4 is 17.3 Å². The summed E-state index contributed by atoms with van der Waals surface area (Å²) < 4.78 is 40.4. The van der Waals surface area contributed by atoms with Crippen LogP contribution >= 0.6 is 0 Å². The standard InChI is InChI=1S/C20H24F3N3O/c1-13-4-2-5-16-18(13)26(24-19(16)20(21,22)23)15-9-7-14(8-10-15)12-25-11-3-6-17(25)27/h7-10,13,16,18H,2-6,11-12H2,1H3. The molecule has 0 N–H and O–H groups in total. The molecule has 1 saturated carbocycles. The van der Waals surface area contributed by atoms with Crippen LogP contribution in [0.25, 0.3) is 0 Å². The van der Waals surface area contributed by atoms with Crippen LogP contribution in [0, 0.1) is 11.8 Å². The maximum atomic E-state index is 13.5. The van der Waals surface area contributed by atoms with Crippen molar-refractivity contribution in [3.05, 3.63) is 29.8 Å². The number of likely N-dealkylation sites (tertiary alicyclic amines) is 1. The molecule has 0 bridgehead atoms. The Morgan fingerprint density at radius 3 is 2.52 bits per heavy atom. The van der Waals surface area contributed by atoms with Gasteiger partial charge < -0.3 is 4.90 Å². The number of hydrogen-bond donors (Lipinski definition) is 0. The quantitative estimate of drug-likeness (QED) is 0.783. The van der Waals surface area contributed by atoms with Gasteiger partial charge in [-0.3, -0.25) is 9.80 Å². The van der Waals surface area contributed by atoms with E-state index in [0.717, 1.165) is 31.4 Å². The third-order valence-corrected chi connectivity index (χ3v) is 6.06. The number of fused-ring (bicyclic) bond motifs is 1. The first kappa shape index (κ1) is 18.3. The number of alkyl halides is 3. The van der Waals surface area contributed by atoms with E-state index in [-0.39, 0.29) is 17.9 Å². The number of carbonyl (C=O) groups is 1. The van der Waals surface area contributed by atoms with E-state index in [2.05, 4.69) is 5.10 Å². The Morgan fingerprint density at radius 1 is 1.15 bits per heavy atom. The second-order valence-electron chi connectivity index (χ2n) is 7.92. The Hall–Kier alpha value is -2.05. The average Bonchev–Trinajstić information content (AvgIpc) is 3.20. The van der Waals surface area contributed by atoms with Crippen molar-refractivity contribution in [2.45, 2.75) is 57.8 Å². The predicted molar refractivity (Wildman–Crippen MR) is 97.4 cm³/mol. The highest BCUT2D eigenvalue weighted by Gasteiger charge is 2.52. The second-order valence-corrected chi connectivity index (χ2v) is 7.92. The third kappa shape index (κ3) is 3.44. The maximum absolute atomic E-state index is 13.5. The summed E-state index contributed by atoms with van der Waals surface area (Å²) in [5, 5.41) is 5.62. The van der Waals surface area contributed by atoms with Gasteiger partial charge in [-0.05, 0) is 42.9 Å². The van der Waals surface area contributed by atoms with Crippen LogP contribution in [0.15, 0.2) is 29.4 Å². The van der Waals surface area contributed by atoms with Crippen molar-refractivity contribution in [3.63, 3.8) is 0 Å². The van der Waals surface area contributed by atoms with Crippen LogP contribution in [0.5, 0.6) is 0 Å². The monoisotopic (exact) mass is 379 g/mol. The van der Waals surface area contributed by atoms with Gasteiger partial charge in [-0.15, -0.1) is 0 Å². The first-order valence-electron chi connectivity index (χ1n) is 9.66. The topological polar surface area (TPSA) is 35.9 Å². The average molecular weight is 379 g/mol. The number of anilines is 1. The molecule has 4 nitrogen and oxygen atoms in total. The molecule has 1 aromatic rings. The predicted octanol–water partition coefficient (Wildman–Crippen LogP) is 4.35. The number of halogens is 3. The van der Waals surface area contributed by atoms with Crippen LogP contribution < -0.4 is 5.01 Å². The Labute approximate surface area is 157 Å². The van der Waals surface area contributed by atoms with Gasteiger partial charge in [0.25, 0.3) is 0 Å². The van der Waals surface area contributed by atoms with Crippen LogP contribution in [0.4, 0.5) is 18.9 Å². The van der Waals surface area contributed by atoms with Crippen LogP contribution in [0.1, 0.15) is 44.6 Å². The Morgan fingerprint density at radius 2 is 1.89 bits per heavy atom. The van der Waals surface area contributed by atoms with E-state index in [0.29, 0.717) is 25.1 Å². The first-order chi connectivity index (χ1) is 12.8. The van der Waals surface area contributed by atoms with Crippen LogP contribution in [0.3, 0.4) is 0 Å². The lowest BCUT2D eigenvalue weighted by molar-refractivity contribution is -0.128. The lowest BCUT2D eigenvalue weighted by atomic mass is 9.76. The fourth-order valence-electron chi connectivity index (χ4n) is 4.71. The number of carbonyl (C=O) groups excluding carboxylic acids is 1. The zero-order valence-corrected chi connectivity index (χ0v) is 15.4. The minimum atomic E-state index is -4.38. The van der Waals surface area contributed by atoms with Crippen molar-refractivity contribution in [2.24, 2.45) is 16.9 Å². The van der Waals surface area contributed by atoms with Gasteiger partial charge in [-0.25, -0.2) is 0 Å². The Kier molecular flexibility index (Phi) is 4.64. The number of amides is 1. The van der Waals surface area contributed by atoms with Crippen molar-refractivity contribution in [1.29, 1.82) is 0 Å². The van der Waals surface area contributed by atoms with E-state index < -0.39 is 17.8 Å². The number of rotatable bonds is 3. The van der Waals surface area contributed by atoms with E-state index >= 15 is 0 Å². The largest absolute Gasteiger partial charge is 0.431 e. The zero-order chi connectivity index (χ0) is 19.2. The molecule has 0 spiro atoms. The van der Waals surface area contributed by atoms with Crippen molar-refractivity contribution < 1.29 is 18.0 Å². The molecule has 1 aliphatic carbocycles. The highest BCUT2D eigenvalue weighted by atomic mass is 19.4. The van der Waals surface area contributed by atoms with Crippen LogP contribution in [-0.4, -0.2) is 35.3 Å². The summed E-state index contributed by atoms with van der Waals surface area (Å²) in [6, 6.07) is 7.21. The van der Waals surface area contributed by atoms with Gasteiger partial charge in [-0.2, -0.15) is 18.3 Å². The van der Waals surface area contributed by atoms with E-state index in [1.54, 1.807) is 5.01 Å². The van der Waals surface area contributed by atoms with Crippen molar-refractivity contribution in [2.75, 3.05) is 11.6 Å². The third-order valence-electron chi connectivity index (χ3n) is 6.06. The molecule has 2 fully saturated rings. The van der Waals surface area contributed by atoms with E-state index in [1.165, 1.54) is 0 Å². The van der Waals surface area contributed by atoms with E-state index in [4.69, 9.17) is 0 Å². The molecule has 27 heavy (non-hydrogen) atoms. The van der Waals surface area contributed by atoms with Crippen LogP contribution in [0.2, 0.25) is 0 Å². The summed E-state index contributed by atoms with van der Waals surface area (Å²) >= 11 is 0. The fraction of sp³-hybridized carbons (Fsp3) is 0.600. The van der Waals surface area contributed by atoms with Gasteiger partial charge in [-0.1, -0.05) is 25.5 Å². The van der Waals surface area contributed by atoms with Gasteiger partial charge in [0.15, 0.2) is 0 Å². The SMILES string of the molecule is CC1CCCC2C(C(F)(F)F)=NN(c3ccc(CN4CCCC4=O)cc3)C12. The van der Waals surface area contributed by atoms with Gasteiger partial charge in [0.1, 0.15) is 5.71 Å². The Bertz CT molecular complexity index is 744. The number of benzene rings is 1. The summed E-state index contributed by atoms with van der Waals surface area (Å²) in [7, 11) is 0. The molecule has 0 aromatic heterocycles. The smallest absolute Gasteiger partial charge is 0.338 e. The molecular weight excluding hydrogens is 355 g/mol. The molecule has 4 rings (SSSR count). The molecule has 3 atom stereocenters. The summed E-state index contributed by atoms with van der Waals surface area (Å²) in [4.78, 5) is 13.6. The van der Waals surface area contributed by atoms with Crippen molar-refractivity contribution in [1.82, 2.24) is 4.90 Å². The van der Waals surface area contributed by atoms with Gasteiger partial charge in [0.05, 0.1) is 11.7 Å². The molecule has 146 valence electrons. The summed E-state index contributed by atoms with van der Waals surface area (Å²) in [5.41, 5.74) is 1.04.